The van der Waals surface area contributed by atoms with Gasteiger partial charge in [0.05, 0.1) is 13.2 Å². The number of benzene rings is 1. The summed E-state index contributed by atoms with van der Waals surface area (Å²) in [6, 6.07) is 7.69. The Bertz CT molecular complexity index is 993. The second-order valence-electron chi connectivity index (χ2n) is 8.90. The van der Waals surface area contributed by atoms with E-state index in [4.69, 9.17) is 10.3 Å². The number of anilines is 1. The van der Waals surface area contributed by atoms with Crippen LogP contribution in [0.5, 0.6) is 0 Å². The molecule has 0 saturated carbocycles. The van der Waals surface area contributed by atoms with Crippen LogP contribution in [0.15, 0.2) is 41.8 Å². The maximum atomic E-state index is 12.8. The summed E-state index contributed by atoms with van der Waals surface area (Å²) in [6.07, 6.45) is 5.17. The lowest BCUT2D eigenvalue weighted by molar-refractivity contribution is -0.125. The third-order valence-corrected chi connectivity index (χ3v) is 6.14. The van der Waals surface area contributed by atoms with E-state index in [9.17, 15) is 4.79 Å². The molecule has 0 unspecified atom stereocenters. The normalized spacial score (nSPS) is 19.6. The summed E-state index contributed by atoms with van der Waals surface area (Å²) >= 11 is 0. The van der Waals surface area contributed by atoms with Gasteiger partial charge in [-0.15, -0.1) is 0 Å². The van der Waals surface area contributed by atoms with Crippen molar-refractivity contribution in [3.63, 3.8) is 0 Å². The van der Waals surface area contributed by atoms with E-state index in [0.29, 0.717) is 11.5 Å². The topological polar surface area (TPSA) is 103 Å². The van der Waals surface area contributed by atoms with E-state index in [1.807, 2.05) is 24.3 Å². The molecule has 0 bridgehead atoms. The van der Waals surface area contributed by atoms with E-state index < -0.39 is 0 Å². The lowest BCUT2D eigenvalue weighted by atomic mass is 9.86. The summed E-state index contributed by atoms with van der Waals surface area (Å²) in [5, 5.41) is 11.4. The molecule has 164 valence electrons. The van der Waals surface area contributed by atoms with Crippen LogP contribution in [0.25, 0.3) is 16.5 Å². The molecule has 31 heavy (non-hydrogen) atoms. The molecular formula is C23H30N6O2. The van der Waals surface area contributed by atoms with Crippen LogP contribution in [0.3, 0.4) is 0 Å². The van der Waals surface area contributed by atoms with Gasteiger partial charge in [0.1, 0.15) is 11.5 Å². The number of nitrogens with zero attached hydrogens (tertiary/aromatic N) is 3. The zero-order valence-electron chi connectivity index (χ0n) is 18.1. The molecule has 1 amide bonds. The number of piperidine rings is 1. The third-order valence-electron chi connectivity index (χ3n) is 6.14. The molecule has 3 heterocycles. The Morgan fingerprint density at radius 2 is 2.10 bits per heavy atom. The number of carbonyl (C=O) groups is 1. The first-order valence-corrected chi connectivity index (χ1v) is 10.8. The van der Waals surface area contributed by atoms with Crippen molar-refractivity contribution in [3.8, 4) is 0 Å². The van der Waals surface area contributed by atoms with Gasteiger partial charge in [-0.05, 0) is 43.5 Å². The van der Waals surface area contributed by atoms with Gasteiger partial charge < -0.3 is 20.3 Å². The Morgan fingerprint density at radius 1 is 1.32 bits per heavy atom. The van der Waals surface area contributed by atoms with Crippen LogP contribution < -0.4 is 10.6 Å². The zero-order chi connectivity index (χ0) is 21.8. The number of hydrogen-bond acceptors (Lipinski definition) is 7. The van der Waals surface area contributed by atoms with Gasteiger partial charge in [0, 0.05) is 48.3 Å². The molecule has 8 heteroatoms. The van der Waals surface area contributed by atoms with Crippen LogP contribution in [0.2, 0.25) is 0 Å². The summed E-state index contributed by atoms with van der Waals surface area (Å²) in [6.45, 7) is 6.88. The summed E-state index contributed by atoms with van der Waals surface area (Å²) in [5.74, 6) is 0.605. The molecule has 0 aliphatic carbocycles. The molecule has 8 nitrogen and oxygen atoms in total. The Kier molecular flexibility index (Phi) is 6.29. The molecular weight excluding hydrogens is 392 g/mol. The molecule has 0 spiro atoms. The Labute approximate surface area is 182 Å². The van der Waals surface area contributed by atoms with E-state index in [1.54, 1.807) is 19.4 Å². The smallest absolute Gasteiger partial charge is 0.228 e. The molecule has 2 saturated heterocycles. The number of carbonyl (C=O) groups excluding carboxylic acids is 1. The minimum atomic E-state index is 0.0119. The van der Waals surface area contributed by atoms with Crippen molar-refractivity contribution < 1.29 is 9.53 Å². The van der Waals surface area contributed by atoms with Gasteiger partial charge in [0.25, 0.3) is 0 Å². The van der Waals surface area contributed by atoms with Crippen LogP contribution in [0, 0.1) is 16.9 Å². The molecule has 1 aromatic carbocycles. The summed E-state index contributed by atoms with van der Waals surface area (Å²) < 4.78 is 5.36. The summed E-state index contributed by atoms with van der Waals surface area (Å²) in [7, 11) is 1.77. The first-order valence-electron chi connectivity index (χ1n) is 10.8. The number of rotatable bonds is 7. The predicted molar refractivity (Wildman–Crippen MR) is 121 cm³/mol. The second kappa shape index (κ2) is 9.11. The maximum Gasteiger partial charge on any atom is 0.228 e. The molecule has 3 N–H and O–H groups in total. The van der Waals surface area contributed by atoms with Crippen LogP contribution in [0.4, 0.5) is 5.82 Å². The van der Waals surface area contributed by atoms with Gasteiger partial charge >= 0.3 is 0 Å². The molecule has 0 atom stereocenters. The number of likely N-dealkylation sites (tertiary alicyclic amines) is 1. The number of hydrogen-bond donors (Lipinski definition) is 3. The molecule has 2 aliphatic heterocycles. The third kappa shape index (κ3) is 4.91. The lowest BCUT2D eigenvalue weighted by Gasteiger charge is -2.43. The number of fused-ring (bicyclic) bond motifs is 1. The van der Waals surface area contributed by atoms with E-state index in [2.05, 4.69) is 32.6 Å². The minimum Gasteiger partial charge on any atom is -0.392 e. The number of amides is 1. The monoisotopic (exact) mass is 422 g/mol. The fourth-order valence-corrected chi connectivity index (χ4v) is 4.35. The number of nitrogens with one attached hydrogen (secondary N) is 3. The lowest BCUT2D eigenvalue weighted by Crippen LogP contribution is -2.51. The van der Waals surface area contributed by atoms with Gasteiger partial charge in [-0.3, -0.25) is 4.79 Å². The van der Waals surface area contributed by atoms with E-state index in [-0.39, 0.29) is 17.2 Å². The van der Waals surface area contributed by atoms with Gasteiger partial charge in [-0.25, -0.2) is 10.5 Å². The Morgan fingerprint density at radius 3 is 2.74 bits per heavy atom. The summed E-state index contributed by atoms with van der Waals surface area (Å²) in [4.78, 5) is 19.7. The molecule has 4 rings (SSSR count). The SMILES string of the molecule is CN/C=C(\N=N)c1ccc2cnc(NC(=O)C3CCN(CC4(C)COC4)CC3)cc2c1. The van der Waals surface area contributed by atoms with E-state index >= 15 is 0 Å². The van der Waals surface area contributed by atoms with Crippen molar-refractivity contribution in [1.82, 2.24) is 15.2 Å². The highest BCUT2D eigenvalue weighted by Gasteiger charge is 2.36. The van der Waals surface area contributed by atoms with Crippen molar-refractivity contribution in [3.05, 3.63) is 42.2 Å². The van der Waals surface area contributed by atoms with Crippen molar-refractivity contribution in [2.24, 2.45) is 16.4 Å². The van der Waals surface area contributed by atoms with Crippen molar-refractivity contribution in [2.45, 2.75) is 19.8 Å². The predicted octanol–water partition coefficient (Wildman–Crippen LogP) is 3.47. The van der Waals surface area contributed by atoms with Gasteiger partial charge in [0.2, 0.25) is 5.91 Å². The highest BCUT2D eigenvalue weighted by molar-refractivity contribution is 5.94. The standard InChI is InChI=1S/C23H30N6O2/c1-23(14-31-15-23)13-29-7-5-16(6-8-29)22(30)27-21-10-19-9-17(20(28-24)12-25-2)3-4-18(19)11-26-21/h3-4,9-12,16,24-25H,5-8,13-15H2,1-2H3,(H,26,27,30)/b20-12-,28-24?. The summed E-state index contributed by atoms with van der Waals surface area (Å²) in [5.41, 5.74) is 9.02. The molecule has 2 aliphatic rings. The van der Waals surface area contributed by atoms with Crippen molar-refractivity contribution in [2.75, 3.05) is 45.2 Å². The quantitative estimate of drug-likeness (QED) is 0.593. The fraction of sp³-hybridized carbons (Fsp3) is 0.478. The highest BCUT2D eigenvalue weighted by atomic mass is 16.5. The zero-order valence-corrected chi connectivity index (χ0v) is 18.1. The van der Waals surface area contributed by atoms with Gasteiger partial charge in [-0.1, -0.05) is 19.1 Å². The number of aromatic nitrogens is 1. The molecule has 1 aromatic heterocycles. The Hall–Kier alpha value is -2.84. The molecule has 2 fully saturated rings. The molecule has 2 aromatic rings. The second-order valence-corrected chi connectivity index (χ2v) is 8.90. The first-order chi connectivity index (χ1) is 15.0. The van der Waals surface area contributed by atoms with E-state index in [1.165, 1.54) is 0 Å². The van der Waals surface area contributed by atoms with Gasteiger partial charge in [0.15, 0.2) is 0 Å². The van der Waals surface area contributed by atoms with Crippen molar-refractivity contribution in [1.29, 1.82) is 5.53 Å². The van der Waals surface area contributed by atoms with Crippen LogP contribution >= 0.6 is 0 Å². The largest absolute Gasteiger partial charge is 0.392 e. The van der Waals surface area contributed by atoms with Crippen LogP contribution in [-0.2, 0) is 9.53 Å². The average molecular weight is 423 g/mol. The van der Waals surface area contributed by atoms with E-state index in [0.717, 1.165) is 62.0 Å². The number of ether oxygens (including phenoxy) is 1. The highest BCUT2D eigenvalue weighted by Crippen LogP contribution is 2.30. The number of pyridine rings is 1. The fourth-order valence-electron chi connectivity index (χ4n) is 4.35. The van der Waals surface area contributed by atoms with Crippen LogP contribution in [0.1, 0.15) is 25.3 Å². The maximum absolute atomic E-state index is 12.8. The van der Waals surface area contributed by atoms with Crippen molar-refractivity contribution >= 4 is 28.2 Å². The first kappa shape index (κ1) is 21.4. The average Bonchev–Trinajstić information content (AvgIpc) is 2.76. The van der Waals surface area contributed by atoms with Crippen LogP contribution in [-0.4, -0.2) is 55.7 Å². The Balaban J connectivity index is 1.39. The molecule has 0 radical (unpaired) electrons. The minimum absolute atomic E-state index is 0.0119. The van der Waals surface area contributed by atoms with Gasteiger partial charge in [-0.2, -0.15) is 5.11 Å².